The predicted molar refractivity (Wildman–Crippen MR) is 98.2 cm³/mol. The molecule has 0 spiro atoms. The number of hydrogen-bond donors (Lipinski definition) is 1. The van der Waals surface area contributed by atoms with Crippen LogP contribution in [-0.2, 0) is 11.0 Å². The van der Waals surface area contributed by atoms with Gasteiger partial charge in [-0.25, -0.2) is 0 Å². The van der Waals surface area contributed by atoms with E-state index in [4.69, 9.17) is 0 Å². The molecule has 0 aliphatic heterocycles. The minimum absolute atomic E-state index is 0.139. The van der Waals surface area contributed by atoms with E-state index in [2.05, 4.69) is 26.2 Å². The highest BCUT2D eigenvalue weighted by atomic mass is 79.9. The molecule has 7 heteroatoms. The number of benzene rings is 1. The zero-order chi connectivity index (χ0) is 19.5. The van der Waals surface area contributed by atoms with Gasteiger partial charge in [0.05, 0.1) is 0 Å². The third-order valence-electron chi connectivity index (χ3n) is 3.88. The van der Waals surface area contributed by atoms with Gasteiger partial charge in [-0.05, 0) is 44.5 Å². The standard InChI is InChI=1S/C19H18BrF3N2O/c1-11(14-8-9-24-17(10-14)19(21,22)23)25-12(2)18(13(3)26)15-6-4-5-7-16(15)20/h4-11,25H,1-3H3/b18-12+. The van der Waals surface area contributed by atoms with E-state index >= 15 is 0 Å². The maximum atomic E-state index is 12.9. The number of pyridine rings is 1. The average molecular weight is 427 g/mol. The first-order valence-corrected chi connectivity index (χ1v) is 8.67. The molecule has 1 aromatic heterocycles. The Morgan fingerprint density at radius 3 is 2.42 bits per heavy atom. The van der Waals surface area contributed by atoms with Crippen LogP contribution < -0.4 is 5.32 Å². The minimum Gasteiger partial charge on any atom is -0.381 e. The molecule has 0 fully saturated rings. The summed E-state index contributed by atoms with van der Waals surface area (Å²) >= 11 is 3.43. The van der Waals surface area contributed by atoms with Crippen LogP contribution >= 0.6 is 15.9 Å². The van der Waals surface area contributed by atoms with Crippen molar-refractivity contribution >= 4 is 27.3 Å². The number of allylic oxidation sites excluding steroid dienone is 2. The van der Waals surface area contributed by atoms with Gasteiger partial charge in [0.1, 0.15) is 5.69 Å². The summed E-state index contributed by atoms with van der Waals surface area (Å²) in [6.07, 6.45) is -3.37. The summed E-state index contributed by atoms with van der Waals surface area (Å²) in [5.74, 6) is -0.139. The molecule has 0 bridgehead atoms. The van der Waals surface area contributed by atoms with Crippen LogP contribution in [0.5, 0.6) is 0 Å². The molecule has 0 amide bonds. The van der Waals surface area contributed by atoms with Gasteiger partial charge < -0.3 is 5.32 Å². The SMILES string of the molecule is CC(=O)/C(=C(/C)NC(C)c1ccnc(C(F)(F)F)c1)c1ccccc1Br. The van der Waals surface area contributed by atoms with Crippen molar-refractivity contribution in [2.75, 3.05) is 0 Å². The van der Waals surface area contributed by atoms with Crippen LogP contribution in [0.4, 0.5) is 13.2 Å². The third kappa shape index (κ3) is 4.72. The van der Waals surface area contributed by atoms with Gasteiger partial charge >= 0.3 is 6.18 Å². The van der Waals surface area contributed by atoms with Crippen molar-refractivity contribution < 1.29 is 18.0 Å². The van der Waals surface area contributed by atoms with E-state index in [1.165, 1.54) is 13.0 Å². The fourth-order valence-corrected chi connectivity index (χ4v) is 3.15. The van der Waals surface area contributed by atoms with Gasteiger partial charge in [-0.2, -0.15) is 13.2 Å². The van der Waals surface area contributed by atoms with Gasteiger partial charge in [0.25, 0.3) is 0 Å². The third-order valence-corrected chi connectivity index (χ3v) is 4.57. The Kier molecular flexibility index (Phi) is 6.23. The maximum Gasteiger partial charge on any atom is 0.433 e. The second-order valence-corrected chi connectivity index (χ2v) is 6.73. The first-order chi connectivity index (χ1) is 12.1. The Balaban J connectivity index is 2.37. The molecule has 0 aliphatic rings. The highest BCUT2D eigenvalue weighted by Gasteiger charge is 2.32. The second kappa shape index (κ2) is 8.03. The molecule has 0 saturated heterocycles. The predicted octanol–water partition coefficient (Wildman–Crippen LogP) is 5.53. The van der Waals surface area contributed by atoms with Gasteiger partial charge in [-0.15, -0.1) is 0 Å². The summed E-state index contributed by atoms with van der Waals surface area (Å²) in [5.41, 5.74) is 1.28. The normalized spacial score (nSPS) is 13.8. The van der Waals surface area contributed by atoms with Crippen LogP contribution in [-0.4, -0.2) is 10.8 Å². The number of carbonyl (C=O) groups is 1. The highest BCUT2D eigenvalue weighted by molar-refractivity contribution is 9.10. The zero-order valence-corrected chi connectivity index (χ0v) is 16.1. The lowest BCUT2D eigenvalue weighted by Gasteiger charge is -2.20. The topological polar surface area (TPSA) is 42.0 Å². The molecule has 1 heterocycles. The number of Topliss-reactive ketones (excluding diaryl/α,β-unsaturated/α-hetero) is 1. The monoisotopic (exact) mass is 426 g/mol. The average Bonchev–Trinajstić information content (AvgIpc) is 2.56. The summed E-state index contributed by atoms with van der Waals surface area (Å²) < 4.78 is 39.3. The Bertz CT molecular complexity index is 847. The molecule has 1 aromatic carbocycles. The van der Waals surface area contributed by atoms with Crippen LogP contribution in [0.15, 0.2) is 52.8 Å². The van der Waals surface area contributed by atoms with Crippen molar-refractivity contribution in [1.29, 1.82) is 0 Å². The van der Waals surface area contributed by atoms with E-state index in [1.807, 2.05) is 24.3 Å². The molecule has 1 atom stereocenters. The largest absolute Gasteiger partial charge is 0.433 e. The van der Waals surface area contributed by atoms with Gasteiger partial charge in [-0.3, -0.25) is 9.78 Å². The number of aromatic nitrogens is 1. The van der Waals surface area contributed by atoms with Gasteiger partial charge in [0.15, 0.2) is 5.78 Å². The molecule has 0 radical (unpaired) electrons. The molecular formula is C19H18BrF3N2O. The van der Waals surface area contributed by atoms with E-state index in [1.54, 1.807) is 13.8 Å². The molecule has 26 heavy (non-hydrogen) atoms. The number of hydrogen-bond acceptors (Lipinski definition) is 3. The Labute approximate surface area is 158 Å². The lowest BCUT2D eigenvalue weighted by Crippen LogP contribution is -2.20. The van der Waals surface area contributed by atoms with Gasteiger partial charge in [0, 0.05) is 33.5 Å². The maximum absolute atomic E-state index is 12.9. The summed E-state index contributed by atoms with van der Waals surface area (Å²) in [7, 11) is 0. The first-order valence-electron chi connectivity index (χ1n) is 7.87. The molecule has 3 nitrogen and oxygen atoms in total. The van der Waals surface area contributed by atoms with E-state index in [-0.39, 0.29) is 5.78 Å². The summed E-state index contributed by atoms with van der Waals surface area (Å²) in [4.78, 5) is 15.5. The number of alkyl halides is 3. The fourth-order valence-electron chi connectivity index (χ4n) is 2.67. The molecule has 1 N–H and O–H groups in total. The second-order valence-electron chi connectivity index (χ2n) is 5.87. The fraction of sp³-hybridized carbons (Fsp3) is 0.263. The van der Waals surface area contributed by atoms with Crippen molar-refractivity contribution in [3.8, 4) is 0 Å². The lowest BCUT2D eigenvalue weighted by atomic mass is 9.99. The van der Waals surface area contributed by atoms with Crippen LogP contribution in [0.1, 0.15) is 43.6 Å². The first kappa shape index (κ1) is 20.2. The van der Waals surface area contributed by atoms with Crippen LogP contribution in [0.25, 0.3) is 5.57 Å². The molecule has 0 aliphatic carbocycles. The molecular weight excluding hydrogens is 409 g/mol. The van der Waals surface area contributed by atoms with Crippen molar-refractivity contribution in [2.45, 2.75) is 33.0 Å². The molecule has 138 valence electrons. The van der Waals surface area contributed by atoms with E-state index in [9.17, 15) is 18.0 Å². The van der Waals surface area contributed by atoms with Gasteiger partial charge in [0.2, 0.25) is 0 Å². The molecule has 2 rings (SSSR count). The number of nitrogens with one attached hydrogen (secondary N) is 1. The number of rotatable bonds is 5. The summed E-state index contributed by atoms with van der Waals surface area (Å²) in [6.45, 7) is 4.92. The smallest absolute Gasteiger partial charge is 0.381 e. The zero-order valence-electron chi connectivity index (χ0n) is 14.5. The van der Waals surface area contributed by atoms with Crippen LogP contribution in [0, 0.1) is 0 Å². The van der Waals surface area contributed by atoms with E-state index in [0.717, 1.165) is 22.3 Å². The Hall–Kier alpha value is -2.15. The number of ketones is 1. The Morgan fingerprint density at radius 1 is 1.19 bits per heavy atom. The van der Waals surface area contributed by atoms with Crippen LogP contribution in [0.2, 0.25) is 0 Å². The highest BCUT2D eigenvalue weighted by Crippen LogP contribution is 2.30. The van der Waals surface area contributed by atoms with Crippen molar-refractivity contribution in [2.24, 2.45) is 0 Å². The van der Waals surface area contributed by atoms with E-state index < -0.39 is 17.9 Å². The molecule has 0 saturated carbocycles. The van der Waals surface area contributed by atoms with Crippen molar-refractivity contribution in [1.82, 2.24) is 10.3 Å². The van der Waals surface area contributed by atoms with Gasteiger partial charge in [-0.1, -0.05) is 34.1 Å². The Morgan fingerprint density at radius 2 is 1.85 bits per heavy atom. The van der Waals surface area contributed by atoms with Crippen LogP contribution in [0.3, 0.4) is 0 Å². The number of nitrogens with zero attached hydrogens (tertiary/aromatic N) is 1. The number of halogens is 4. The molecule has 1 unspecified atom stereocenters. The number of carbonyl (C=O) groups excluding carboxylic acids is 1. The minimum atomic E-state index is -4.50. The van der Waals surface area contributed by atoms with Crippen molar-refractivity contribution in [3.05, 3.63) is 69.6 Å². The van der Waals surface area contributed by atoms with E-state index in [0.29, 0.717) is 16.8 Å². The summed E-state index contributed by atoms with van der Waals surface area (Å²) in [6, 6.07) is 9.39. The van der Waals surface area contributed by atoms with Crippen molar-refractivity contribution in [3.63, 3.8) is 0 Å². The lowest BCUT2D eigenvalue weighted by molar-refractivity contribution is -0.141. The summed E-state index contributed by atoms with van der Waals surface area (Å²) in [5, 5.41) is 3.12. The molecule has 2 aromatic rings. The quantitative estimate of drug-likeness (QED) is 0.638.